The van der Waals surface area contributed by atoms with Gasteiger partial charge >= 0.3 is 5.97 Å². The van der Waals surface area contributed by atoms with Gasteiger partial charge in [0.25, 0.3) is 0 Å². The van der Waals surface area contributed by atoms with Gasteiger partial charge in [-0.1, -0.05) is 6.58 Å². The molecule has 1 aliphatic rings. The first-order valence-electron chi connectivity index (χ1n) is 4.64. The second-order valence-electron chi connectivity index (χ2n) is 3.56. The van der Waals surface area contributed by atoms with E-state index in [9.17, 15) is 4.79 Å². The first kappa shape index (κ1) is 12.0. The highest BCUT2D eigenvalue weighted by Gasteiger charge is 2.30. The molecule has 1 unspecified atom stereocenters. The van der Waals surface area contributed by atoms with Gasteiger partial charge in [-0.3, -0.25) is 0 Å². The fourth-order valence-corrected chi connectivity index (χ4v) is 3.63. The molecule has 1 atom stereocenters. The van der Waals surface area contributed by atoms with Gasteiger partial charge in [0.05, 0.1) is 0 Å². The minimum absolute atomic E-state index is 0.275. The average molecular weight is 232 g/mol. The van der Waals surface area contributed by atoms with Crippen LogP contribution in [0.2, 0.25) is 0 Å². The van der Waals surface area contributed by atoms with Crippen molar-refractivity contribution < 1.29 is 9.53 Å². The molecule has 1 saturated heterocycles. The summed E-state index contributed by atoms with van der Waals surface area (Å²) >= 11 is 3.58. The van der Waals surface area contributed by atoms with Crippen molar-refractivity contribution in [2.45, 2.75) is 25.2 Å². The molecule has 0 bridgehead atoms. The van der Waals surface area contributed by atoms with Crippen LogP contribution < -0.4 is 0 Å². The van der Waals surface area contributed by atoms with E-state index in [2.05, 4.69) is 6.58 Å². The van der Waals surface area contributed by atoms with Crippen LogP contribution in [-0.4, -0.2) is 28.2 Å². The standard InChI is InChI=1S/C10H16O2S2/c1-8(2)9(11)12-10(3)7-13-5-4-6-14-10/h1,4-7H2,2-3H3. The first-order valence-corrected chi connectivity index (χ1v) is 6.78. The lowest BCUT2D eigenvalue weighted by Crippen LogP contribution is -2.30. The predicted octanol–water partition coefficient (Wildman–Crippen LogP) is 2.69. The van der Waals surface area contributed by atoms with Crippen LogP contribution in [0.1, 0.15) is 20.3 Å². The molecule has 0 aromatic heterocycles. The highest BCUT2D eigenvalue weighted by atomic mass is 32.2. The van der Waals surface area contributed by atoms with Gasteiger partial charge in [-0.15, -0.1) is 11.8 Å². The molecule has 0 aromatic rings. The molecule has 0 aliphatic carbocycles. The molecule has 0 aromatic carbocycles. The number of esters is 1. The van der Waals surface area contributed by atoms with Gasteiger partial charge in [0.2, 0.25) is 0 Å². The summed E-state index contributed by atoms with van der Waals surface area (Å²) < 4.78 is 5.42. The number of ether oxygens (including phenoxy) is 1. The average Bonchev–Trinajstić information content (AvgIpc) is 2.30. The van der Waals surface area contributed by atoms with Crippen molar-refractivity contribution in [2.75, 3.05) is 17.3 Å². The van der Waals surface area contributed by atoms with Crippen LogP contribution in [0.4, 0.5) is 0 Å². The van der Waals surface area contributed by atoms with Crippen LogP contribution >= 0.6 is 23.5 Å². The van der Waals surface area contributed by atoms with Crippen LogP contribution in [0.5, 0.6) is 0 Å². The summed E-state index contributed by atoms with van der Waals surface area (Å²) in [7, 11) is 0. The first-order chi connectivity index (χ1) is 6.53. The molecule has 4 heteroatoms. The van der Waals surface area contributed by atoms with E-state index in [4.69, 9.17) is 4.74 Å². The summed E-state index contributed by atoms with van der Waals surface area (Å²) in [4.78, 5) is 11.0. The molecule has 0 spiro atoms. The Kier molecular flexibility index (Phi) is 4.38. The van der Waals surface area contributed by atoms with E-state index in [-0.39, 0.29) is 10.9 Å². The van der Waals surface area contributed by atoms with Gasteiger partial charge < -0.3 is 4.74 Å². The molecule has 1 aliphatic heterocycles. The van der Waals surface area contributed by atoms with Crippen molar-refractivity contribution in [3.8, 4) is 0 Å². The second kappa shape index (κ2) is 5.12. The smallest absolute Gasteiger partial charge is 0.334 e. The van der Waals surface area contributed by atoms with Gasteiger partial charge in [-0.2, -0.15) is 11.8 Å². The third-order valence-corrected chi connectivity index (χ3v) is 4.71. The predicted molar refractivity (Wildman–Crippen MR) is 63.7 cm³/mol. The maximum atomic E-state index is 11.4. The number of carbonyl (C=O) groups is 1. The molecule has 14 heavy (non-hydrogen) atoms. The lowest BCUT2D eigenvalue weighted by molar-refractivity contribution is -0.144. The van der Waals surface area contributed by atoms with E-state index in [0.717, 1.165) is 17.3 Å². The Morgan fingerprint density at radius 3 is 2.86 bits per heavy atom. The van der Waals surface area contributed by atoms with E-state index >= 15 is 0 Å². The third-order valence-electron chi connectivity index (χ3n) is 1.86. The monoisotopic (exact) mass is 232 g/mol. The molecule has 0 saturated carbocycles. The summed E-state index contributed by atoms with van der Waals surface area (Å²) in [5, 5.41) is 0. The molecule has 2 nitrogen and oxygen atoms in total. The van der Waals surface area contributed by atoms with Crippen LogP contribution in [-0.2, 0) is 9.53 Å². The van der Waals surface area contributed by atoms with Gasteiger partial charge in [-0.25, -0.2) is 4.79 Å². The topological polar surface area (TPSA) is 26.3 Å². The Morgan fingerprint density at radius 2 is 2.21 bits per heavy atom. The molecule has 1 heterocycles. The van der Waals surface area contributed by atoms with E-state index in [0.29, 0.717) is 5.57 Å². The van der Waals surface area contributed by atoms with E-state index in [1.54, 1.807) is 18.7 Å². The zero-order chi connectivity index (χ0) is 10.6. The van der Waals surface area contributed by atoms with Crippen LogP contribution in [0.25, 0.3) is 0 Å². The van der Waals surface area contributed by atoms with E-state index in [1.165, 1.54) is 6.42 Å². The molecule has 0 amide bonds. The number of thioether (sulfide) groups is 2. The molecule has 80 valence electrons. The maximum absolute atomic E-state index is 11.4. The Balaban J connectivity index is 2.54. The van der Waals surface area contributed by atoms with Gasteiger partial charge in [0, 0.05) is 11.3 Å². The summed E-state index contributed by atoms with van der Waals surface area (Å²) in [6.45, 7) is 7.25. The van der Waals surface area contributed by atoms with Crippen molar-refractivity contribution in [3.63, 3.8) is 0 Å². The second-order valence-corrected chi connectivity index (χ2v) is 6.22. The maximum Gasteiger partial charge on any atom is 0.334 e. The quantitative estimate of drug-likeness (QED) is 0.540. The Bertz CT molecular complexity index is 230. The Hall–Kier alpha value is -0.0900. The fourth-order valence-electron chi connectivity index (χ4n) is 1.09. The lowest BCUT2D eigenvalue weighted by Gasteiger charge is -2.26. The number of carbonyl (C=O) groups excluding carboxylic acids is 1. The van der Waals surface area contributed by atoms with Crippen molar-refractivity contribution in [1.29, 1.82) is 0 Å². The summed E-state index contributed by atoms with van der Waals surface area (Å²) in [5.74, 6) is 2.82. The molecule has 1 rings (SSSR count). The van der Waals surface area contributed by atoms with Crippen LogP contribution in [0.15, 0.2) is 12.2 Å². The van der Waals surface area contributed by atoms with E-state index in [1.807, 2.05) is 18.7 Å². The van der Waals surface area contributed by atoms with Crippen LogP contribution in [0, 0.1) is 0 Å². The molecular weight excluding hydrogens is 216 g/mol. The van der Waals surface area contributed by atoms with Gasteiger partial charge in [-0.05, 0) is 31.8 Å². The Labute approximate surface area is 93.8 Å². The summed E-state index contributed by atoms with van der Waals surface area (Å²) in [6.07, 6.45) is 1.19. The zero-order valence-corrected chi connectivity index (χ0v) is 10.3. The molecule has 0 N–H and O–H groups in total. The minimum Gasteiger partial charge on any atom is -0.444 e. The van der Waals surface area contributed by atoms with Crippen molar-refractivity contribution in [1.82, 2.24) is 0 Å². The summed E-state index contributed by atoms with van der Waals surface area (Å²) in [5.41, 5.74) is 0.473. The van der Waals surface area contributed by atoms with Crippen molar-refractivity contribution in [3.05, 3.63) is 12.2 Å². The molecular formula is C10H16O2S2. The summed E-state index contributed by atoms with van der Waals surface area (Å²) in [6, 6.07) is 0. The van der Waals surface area contributed by atoms with Crippen molar-refractivity contribution in [2.24, 2.45) is 0 Å². The highest BCUT2D eigenvalue weighted by Crippen LogP contribution is 2.34. The third kappa shape index (κ3) is 3.58. The number of hydrogen-bond donors (Lipinski definition) is 0. The fraction of sp³-hybridized carbons (Fsp3) is 0.700. The lowest BCUT2D eigenvalue weighted by atomic mass is 10.3. The largest absolute Gasteiger partial charge is 0.444 e. The van der Waals surface area contributed by atoms with Crippen LogP contribution in [0.3, 0.4) is 0 Å². The Morgan fingerprint density at radius 1 is 1.50 bits per heavy atom. The minimum atomic E-state index is -0.364. The zero-order valence-electron chi connectivity index (χ0n) is 8.67. The molecule has 0 radical (unpaired) electrons. The SMILES string of the molecule is C=C(C)C(=O)OC1(C)CSCCCS1. The normalized spacial score (nSPS) is 27.9. The van der Waals surface area contributed by atoms with E-state index < -0.39 is 0 Å². The highest BCUT2D eigenvalue weighted by molar-refractivity contribution is 8.04. The van der Waals surface area contributed by atoms with Gasteiger partial charge in [0.1, 0.15) is 0 Å². The molecule has 1 fully saturated rings. The van der Waals surface area contributed by atoms with Crippen molar-refractivity contribution >= 4 is 29.5 Å². The number of rotatable bonds is 2. The number of hydrogen-bond acceptors (Lipinski definition) is 4. The van der Waals surface area contributed by atoms with Gasteiger partial charge in [0.15, 0.2) is 4.93 Å².